The number of carbonyl (C=O) groups is 3. The quantitative estimate of drug-likeness (QED) is 0.780. The summed E-state index contributed by atoms with van der Waals surface area (Å²) in [7, 11) is 0. The van der Waals surface area contributed by atoms with E-state index in [4.69, 9.17) is 0 Å². The molecule has 2 aliphatic rings. The topological polar surface area (TPSA) is 69.7 Å². The number of imide groups is 1. The normalized spacial score (nSPS) is 22.8. The number of nitrogens with zero attached hydrogens (tertiary/aromatic N) is 2. The Balaban J connectivity index is 1.41. The summed E-state index contributed by atoms with van der Waals surface area (Å²) in [4.78, 5) is 41.1. The fourth-order valence-corrected chi connectivity index (χ4v) is 4.80. The van der Waals surface area contributed by atoms with Crippen molar-refractivity contribution in [3.05, 3.63) is 58.0 Å². The van der Waals surface area contributed by atoms with E-state index in [-0.39, 0.29) is 36.1 Å². The molecule has 0 aliphatic carbocycles. The van der Waals surface area contributed by atoms with Crippen LogP contribution in [0.2, 0.25) is 0 Å². The SMILES string of the molecule is C[C@@]1(C2CCN(C(=O)c3ccc(F)cc3)CC2)NC(=O)N(Cc2ccsc2)C1=O. The number of halogens is 1. The molecule has 6 nitrogen and oxygen atoms in total. The number of rotatable bonds is 4. The van der Waals surface area contributed by atoms with Gasteiger partial charge in [0.05, 0.1) is 6.54 Å². The van der Waals surface area contributed by atoms with Gasteiger partial charge < -0.3 is 10.2 Å². The Hall–Kier alpha value is -2.74. The smallest absolute Gasteiger partial charge is 0.325 e. The second-order valence-electron chi connectivity index (χ2n) is 7.73. The molecule has 0 saturated carbocycles. The van der Waals surface area contributed by atoms with Gasteiger partial charge in [0.2, 0.25) is 0 Å². The van der Waals surface area contributed by atoms with Crippen molar-refractivity contribution >= 4 is 29.2 Å². The van der Waals surface area contributed by atoms with E-state index < -0.39 is 5.54 Å². The largest absolute Gasteiger partial charge is 0.339 e. The van der Waals surface area contributed by atoms with Crippen LogP contribution in [0.1, 0.15) is 35.7 Å². The third kappa shape index (κ3) is 3.64. The third-order valence-corrected chi connectivity index (χ3v) is 6.64. The molecule has 2 aromatic rings. The van der Waals surface area contributed by atoms with Crippen molar-refractivity contribution < 1.29 is 18.8 Å². The Morgan fingerprint density at radius 2 is 1.90 bits per heavy atom. The number of thiophene rings is 1. The van der Waals surface area contributed by atoms with Crippen LogP contribution in [0.4, 0.5) is 9.18 Å². The minimum atomic E-state index is -0.960. The minimum Gasteiger partial charge on any atom is -0.339 e. The van der Waals surface area contributed by atoms with Gasteiger partial charge in [-0.05, 0) is 72.3 Å². The highest BCUT2D eigenvalue weighted by Gasteiger charge is 2.52. The first kappa shape index (κ1) is 19.6. The van der Waals surface area contributed by atoms with E-state index in [0.29, 0.717) is 31.5 Å². The molecule has 2 saturated heterocycles. The summed E-state index contributed by atoms with van der Waals surface area (Å²) in [6, 6.07) is 7.04. The molecule has 1 aromatic carbocycles. The average Bonchev–Trinajstić information content (AvgIpc) is 3.31. The van der Waals surface area contributed by atoms with Crippen LogP contribution < -0.4 is 5.32 Å². The van der Waals surface area contributed by atoms with Crippen LogP contribution in [0.15, 0.2) is 41.1 Å². The van der Waals surface area contributed by atoms with E-state index in [0.717, 1.165) is 5.56 Å². The van der Waals surface area contributed by atoms with E-state index >= 15 is 0 Å². The van der Waals surface area contributed by atoms with Crippen LogP contribution in [0, 0.1) is 11.7 Å². The molecule has 8 heteroatoms. The molecule has 2 fully saturated rings. The summed E-state index contributed by atoms with van der Waals surface area (Å²) in [6.07, 6.45) is 1.23. The fraction of sp³-hybridized carbons (Fsp3) is 0.381. The number of hydrogen-bond donors (Lipinski definition) is 1. The van der Waals surface area contributed by atoms with Crippen molar-refractivity contribution in [2.75, 3.05) is 13.1 Å². The second kappa shape index (κ2) is 7.59. The maximum absolute atomic E-state index is 13.1. The van der Waals surface area contributed by atoms with Gasteiger partial charge in [-0.3, -0.25) is 14.5 Å². The molecule has 152 valence electrons. The highest BCUT2D eigenvalue weighted by Crippen LogP contribution is 2.34. The number of carbonyl (C=O) groups excluding carboxylic acids is 3. The molecule has 29 heavy (non-hydrogen) atoms. The second-order valence-corrected chi connectivity index (χ2v) is 8.51. The molecule has 4 rings (SSSR count). The van der Waals surface area contributed by atoms with Crippen LogP contribution in [0.25, 0.3) is 0 Å². The molecule has 1 aromatic heterocycles. The van der Waals surface area contributed by atoms with Gasteiger partial charge in [0.1, 0.15) is 11.4 Å². The van der Waals surface area contributed by atoms with Crippen molar-refractivity contribution in [2.45, 2.75) is 31.8 Å². The molecule has 0 radical (unpaired) electrons. The van der Waals surface area contributed by atoms with Crippen molar-refractivity contribution in [3.8, 4) is 0 Å². The zero-order valence-electron chi connectivity index (χ0n) is 16.1. The number of hydrogen-bond acceptors (Lipinski definition) is 4. The van der Waals surface area contributed by atoms with E-state index in [9.17, 15) is 18.8 Å². The van der Waals surface area contributed by atoms with Gasteiger partial charge >= 0.3 is 6.03 Å². The lowest BCUT2D eigenvalue weighted by Crippen LogP contribution is -2.54. The van der Waals surface area contributed by atoms with Crippen molar-refractivity contribution in [3.63, 3.8) is 0 Å². The highest BCUT2D eigenvalue weighted by atomic mass is 32.1. The van der Waals surface area contributed by atoms with Gasteiger partial charge in [-0.15, -0.1) is 0 Å². The number of amides is 4. The molecule has 4 amide bonds. The zero-order valence-corrected chi connectivity index (χ0v) is 16.9. The summed E-state index contributed by atoms with van der Waals surface area (Å²) in [5.41, 5.74) is 0.420. The first-order chi connectivity index (χ1) is 13.9. The van der Waals surface area contributed by atoms with Crippen LogP contribution in [-0.2, 0) is 11.3 Å². The Kier molecular flexibility index (Phi) is 5.12. The lowest BCUT2D eigenvalue weighted by atomic mass is 9.78. The third-order valence-electron chi connectivity index (χ3n) is 5.91. The summed E-state index contributed by atoms with van der Waals surface area (Å²) < 4.78 is 13.1. The number of benzene rings is 1. The summed E-state index contributed by atoms with van der Waals surface area (Å²) in [6.45, 7) is 3.03. The number of piperidine rings is 1. The molecule has 1 N–H and O–H groups in total. The highest BCUT2D eigenvalue weighted by molar-refractivity contribution is 7.07. The van der Waals surface area contributed by atoms with Crippen molar-refractivity contribution in [2.24, 2.45) is 5.92 Å². The van der Waals surface area contributed by atoms with E-state index in [1.165, 1.54) is 40.5 Å². The Morgan fingerprint density at radius 3 is 2.52 bits per heavy atom. The zero-order chi connectivity index (χ0) is 20.6. The van der Waals surface area contributed by atoms with E-state index in [1.807, 2.05) is 16.8 Å². The molecule has 2 aliphatic heterocycles. The van der Waals surface area contributed by atoms with Gasteiger partial charge in [0.15, 0.2) is 0 Å². The maximum Gasteiger partial charge on any atom is 0.325 e. The first-order valence-corrected chi connectivity index (χ1v) is 10.5. The molecule has 0 bridgehead atoms. The van der Waals surface area contributed by atoms with Gasteiger partial charge in [0, 0.05) is 18.7 Å². The average molecular weight is 415 g/mol. The minimum absolute atomic E-state index is 0.0521. The van der Waals surface area contributed by atoms with Gasteiger partial charge in [-0.2, -0.15) is 11.3 Å². The van der Waals surface area contributed by atoms with E-state index in [2.05, 4.69) is 5.32 Å². The molecule has 0 spiro atoms. The molecule has 0 unspecified atom stereocenters. The van der Waals surface area contributed by atoms with E-state index in [1.54, 1.807) is 11.8 Å². The Morgan fingerprint density at radius 1 is 1.21 bits per heavy atom. The lowest BCUT2D eigenvalue weighted by Gasteiger charge is -2.39. The lowest BCUT2D eigenvalue weighted by molar-refractivity contribution is -0.133. The van der Waals surface area contributed by atoms with Crippen molar-refractivity contribution in [1.29, 1.82) is 0 Å². The number of likely N-dealkylation sites (tertiary alicyclic amines) is 1. The Labute approximate surface area is 172 Å². The Bertz CT molecular complexity index is 923. The van der Waals surface area contributed by atoms with Crippen LogP contribution >= 0.6 is 11.3 Å². The summed E-state index contributed by atoms with van der Waals surface area (Å²) in [5.74, 6) is -0.786. The van der Waals surface area contributed by atoms with Crippen LogP contribution in [-0.4, -0.2) is 46.3 Å². The van der Waals surface area contributed by atoms with Gasteiger partial charge in [-0.1, -0.05) is 0 Å². The maximum atomic E-state index is 13.1. The summed E-state index contributed by atoms with van der Waals surface area (Å²) >= 11 is 1.53. The van der Waals surface area contributed by atoms with Crippen molar-refractivity contribution in [1.82, 2.24) is 15.1 Å². The first-order valence-electron chi connectivity index (χ1n) is 9.58. The molecular weight excluding hydrogens is 393 g/mol. The number of urea groups is 1. The van der Waals surface area contributed by atoms with Gasteiger partial charge in [0.25, 0.3) is 11.8 Å². The number of nitrogens with one attached hydrogen (secondary N) is 1. The molecule has 1 atom stereocenters. The van der Waals surface area contributed by atoms with Gasteiger partial charge in [-0.25, -0.2) is 9.18 Å². The van der Waals surface area contributed by atoms with Crippen LogP contribution in [0.5, 0.6) is 0 Å². The fourth-order valence-electron chi connectivity index (χ4n) is 4.14. The predicted molar refractivity (Wildman–Crippen MR) is 107 cm³/mol. The summed E-state index contributed by atoms with van der Waals surface area (Å²) in [5, 5.41) is 6.73. The predicted octanol–water partition coefficient (Wildman–Crippen LogP) is 3.25. The molecule has 3 heterocycles. The van der Waals surface area contributed by atoms with Crippen LogP contribution in [0.3, 0.4) is 0 Å². The molecular formula is C21H22FN3O3S. The monoisotopic (exact) mass is 415 g/mol. The standard InChI is InChI=1S/C21H22FN3O3S/c1-21(19(27)25(20(28)23-21)12-14-8-11-29-13-14)16-6-9-24(10-7-16)18(26)15-2-4-17(22)5-3-15/h2-5,8,11,13,16H,6-7,9-10,12H2,1H3,(H,23,28)/t21-/m0/s1.